The lowest BCUT2D eigenvalue weighted by atomic mass is 9.96. The first-order chi connectivity index (χ1) is 9.37. The van der Waals surface area contributed by atoms with Gasteiger partial charge in [0.2, 0.25) is 5.91 Å². The molecule has 0 spiro atoms. The van der Waals surface area contributed by atoms with Crippen LogP contribution < -0.4 is 11.1 Å². The van der Waals surface area contributed by atoms with Crippen molar-refractivity contribution >= 4 is 16.8 Å². The number of nitrogens with two attached hydrogens (primary N) is 1. The Bertz CT molecular complexity index is 595. The van der Waals surface area contributed by atoms with Gasteiger partial charge < -0.3 is 16.0 Å². The van der Waals surface area contributed by atoms with E-state index in [9.17, 15) is 4.79 Å². The summed E-state index contributed by atoms with van der Waals surface area (Å²) in [5.74, 6) is -0.0924. The van der Waals surface area contributed by atoms with Crippen LogP contribution in [0, 0.1) is 5.41 Å². The summed E-state index contributed by atoms with van der Waals surface area (Å²) >= 11 is 0. The summed E-state index contributed by atoms with van der Waals surface area (Å²) in [6.07, 6.45) is 2.47. The number of nitrogens with one attached hydrogen (secondary N) is 2. The van der Waals surface area contributed by atoms with Gasteiger partial charge in [-0.1, -0.05) is 39.0 Å². The van der Waals surface area contributed by atoms with Gasteiger partial charge in [0, 0.05) is 23.6 Å². The second-order valence-electron chi connectivity index (χ2n) is 6.45. The average Bonchev–Trinajstić information content (AvgIpc) is 2.78. The van der Waals surface area contributed by atoms with Crippen molar-refractivity contribution in [3.05, 3.63) is 36.0 Å². The number of hydrogen-bond acceptors (Lipinski definition) is 2. The van der Waals surface area contributed by atoms with E-state index >= 15 is 0 Å². The molecule has 2 rings (SSSR count). The third kappa shape index (κ3) is 3.61. The van der Waals surface area contributed by atoms with E-state index in [1.165, 1.54) is 0 Å². The summed E-state index contributed by atoms with van der Waals surface area (Å²) in [7, 11) is 0. The Morgan fingerprint density at radius 2 is 2.05 bits per heavy atom. The Hall–Kier alpha value is -1.81. The zero-order valence-electron chi connectivity index (χ0n) is 12.4. The van der Waals surface area contributed by atoms with E-state index in [4.69, 9.17) is 5.73 Å². The highest BCUT2D eigenvalue weighted by Gasteiger charge is 2.18. The molecule has 4 nitrogen and oxygen atoms in total. The van der Waals surface area contributed by atoms with Crippen LogP contribution in [0.2, 0.25) is 0 Å². The number of aromatic nitrogens is 1. The fourth-order valence-corrected chi connectivity index (χ4v) is 2.11. The minimum atomic E-state index is -0.517. The zero-order valence-corrected chi connectivity index (χ0v) is 12.4. The maximum absolute atomic E-state index is 12.0. The van der Waals surface area contributed by atoms with Gasteiger partial charge in [0.15, 0.2) is 0 Å². The molecule has 0 fully saturated rings. The summed E-state index contributed by atoms with van der Waals surface area (Å²) in [4.78, 5) is 15.2. The van der Waals surface area contributed by atoms with E-state index in [1.807, 2.05) is 30.5 Å². The molecule has 1 aromatic carbocycles. The number of aromatic amines is 1. The van der Waals surface area contributed by atoms with Gasteiger partial charge in [0.1, 0.15) is 0 Å². The molecule has 1 atom stereocenters. The Kier molecular flexibility index (Phi) is 4.14. The number of benzene rings is 1. The second-order valence-corrected chi connectivity index (χ2v) is 6.45. The summed E-state index contributed by atoms with van der Waals surface area (Å²) in [5.41, 5.74) is 8.22. The lowest BCUT2D eigenvalue weighted by Crippen LogP contribution is -2.44. The first-order valence-electron chi connectivity index (χ1n) is 6.95. The van der Waals surface area contributed by atoms with E-state index in [2.05, 4.69) is 31.1 Å². The highest BCUT2D eigenvalue weighted by Crippen LogP contribution is 2.18. The van der Waals surface area contributed by atoms with Gasteiger partial charge in [0.25, 0.3) is 0 Å². The largest absolute Gasteiger partial charge is 0.361 e. The van der Waals surface area contributed by atoms with Gasteiger partial charge in [-0.05, 0) is 23.5 Å². The molecule has 1 amide bonds. The highest BCUT2D eigenvalue weighted by molar-refractivity contribution is 5.86. The molecule has 0 aliphatic carbocycles. The fourth-order valence-electron chi connectivity index (χ4n) is 2.11. The van der Waals surface area contributed by atoms with Crippen molar-refractivity contribution in [3.63, 3.8) is 0 Å². The van der Waals surface area contributed by atoms with Crippen molar-refractivity contribution in [3.8, 4) is 0 Å². The maximum atomic E-state index is 12.0. The van der Waals surface area contributed by atoms with Crippen LogP contribution in [0.4, 0.5) is 0 Å². The number of fused-ring (bicyclic) bond motifs is 1. The van der Waals surface area contributed by atoms with Crippen LogP contribution >= 0.6 is 0 Å². The molecule has 108 valence electrons. The predicted octanol–water partition coefficient (Wildman–Crippen LogP) is 2.20. The summed E-state index contributed by atoms with van der Waals surface area (Å²) < 4.78 is 0. The molecule has 0 unspecified atom stereocenters. The monoisotopic (exact) mass is 273 g/mol. The molecule has 4 heteroatoms. The predicted molar refractivity (Wildman–Crippen MR) is 82.4 cm³/mol. The lowest BCUT2D eigenvalue weighted by molar-refractivity contribution is -0.122. The van der Waals surface area contributed by atoms with Gasteiger partial charge in [-0.15, -0.1) is 0 Å². The van der Waals surface area contributed by atoms with Gasteiger partial charge in [0.05, 0.1) is 6.04 Å². The molecule has 2 aromatic rings. The third-order valence-electron chi connectivity index (χ3n) is 3.24. The van der Waals surface area contributed by atoms with Crippen LogP contribution in [0.15, 0.2) is 30.5 Å². The molecule has 0 radical (unpaired) electrons. The van der Waals surface area contributed by atoms with Crippen molar-refractivity contribution in [2.45, 2.75) is 33.2 Å². The van der Waals surface area contributed by atoms with Crippen molar-refractivity contribution in [1.82, 2.24) is 10.3 Å². The zero-order chi connectivity index (χ0) is 14.8. The molecule has 0 saturated heterocycles. The van der Waals surface area contributed by atoms with E-state index in [0.717, 1.165) is 16.5 Å². The molecule has 0 aliphatic rings. The van der Waals surface area contributed by atoms with Crippen LogP contribution in [-0.4, -0.2) is 23.5 Å². The number of hydrogen-bond donors (Lipinski definition) is 3. The quantitative estimate of drug-likeness (QED) is 0.799. The van der Waals surface area contributed by atoms with Crippen LogP contribution in [0.3, 0.4) is 0 Å². The molecule has 1 heterocycles. The lowest BCUT2D eigenvalue weighted by Gasteiger charge is -2.20. The molecule has 0 saturated carbocycles. The average molecular weight is 273 g/mol. The second kappa shape index (κ2) is 5.67. The number of carbonyl (C=O) groups excluding carboxylic acids is 1. The molecule has 4 N–H and O–H groups in total. The number of carbonyl (C=O) groups is 1. The van der Waals surface area contributed by atoms with Crippen LogP contribution in [0.25, 0.3) is 10.9 Å². The van der Waals surface area contributed by atoms with Crippen molar-refractivity contribution in [1.29, 1.82) is 0 Å². The number of H-pyrrole nitrogens is 1. The minimum absolute atomic E-state index is 0.0656. The first kappa shape index (κ1) is 14.6. The van der Waals surface area contributed by atoms with Crippen molar-refractivity contribution in [2.24, 2.45) is 11.1 Å². The smallest absolute Gasteiger partial charge is 0.237 e. The molecule has 0 aliphatic heterocycles. The van der Waals surface area contributed by atoms with Gasteiger partial charge in [-0.25, -0.2) is 0 Å². The SMILES string of the molecule is CC(C)(C)CNC(=O)[C@H](N)Cc1c[nH]c2ccccc12. The van der Waals surface area contributed by atoms with Crippen LogP contribution in [-0.2, 0) is 11.2 Å². The molecular formula is C16H23N3O. The number of para-hydroxylation sites is 1. The molecule has 1 aromatic heterocycles. The van der Waals surface area contributed by atoms with Crippen molar-refractivity contribution < 1.29 is 4.79 Å². The normalized spacial score (nSPS) is 13.4. The Balaban J connectivity index is 2.00. The summed E-state index contributed by atoms with van der Waals surface area (Å²) in [6, 6.07) is 7.52. The highest BCUT2D eigenvalue weighted by atomic mass is 16.2. The van der Waals surface area contributed by atoms with Gasteiger partial charge >= 0.3 is 0 Å². The van der Waals surface area contributed by atoms with E-state index < -0.39 is 6.04 Å². The van der Waals surface area contributed by atoms with Gasteiger partial charge in [-0.2, -0.15) is 0 Å². The fraction of sp³-hybridized carbons (Fsp3) is 0.438. The molecule has 20 heavy (non-hydrogen) atoms. The van der Waals surface area contributed by atoms with E-state index in [0.29, 0.717) is 13.0 Å². The van der Waals surface area contributed by atoms with Crippen LogP contribution in [0.5, 0.6) is 0 Å². The Morgan fingerprint density at radius 1 is 1.35 bits per heavy atom. The van der Waals surface area contributed by atoms with E-state index in [1.54, 1.807) is 0 Å². The summed E-state index contributed by atoms with van der Waals surface area (Å²) in [5, 5.41) is 4.04. The number of rotatable bonds is 4. The molecule has 0 bridgehead atoms. The Morgan fingerprint density at radius 3 is 2.75 bits per heavy atom. The van der Waals surface area contributed by atoms with E-state index in [-0.39, 0.29) is 11.3 Å². The van der Waals surface area contributed by atoms with Crippen LogP contribution in [0.1, 0.15) is 26.3 Å². The topological polar surface area (TPSA) is 70.9 Å². The van der Waals surface area contributed by atoms with Gasteiger partial charge in [-0.3, -0.25) is 4.79 Å². The molecular weight excluding hydrogens is 250 g/mol. The summed E-state index contributed by atoms with van der Waals surface area (Å²) in [6.45, 7) is 6.88. The van der Waals surface area contributed by atoms with Crippen molar-refractivity contribution in [2.75, 3.05) is 6.54 Å². The number of amides is 1. The maximum Gasteiger partial charge on any atom is 0.237 e. The standard InChI is InChI=1S/C16H23N3O/c1-16(2,3)10-19-15(20)13(17)8-11-9-18-14-7-5-4-6-12(11)14/h4-7,9,13,18H,8,10,17H2,1-3H3,(H,19,20)/t13-/m1/s1. The third-order valence-corrected chi connectivity index (χ3v) is 3.24. The Labute approximate surface area is 119 Å². The minimum Gasteiger partial charge on any atom is -0.361 e. The first-order valence-corrected chi connectivity index (χ1v) is 6.95.